The lowest BCUT2D eigenvalue weighted by Gasteiger charge is -2.17. The third-order valence-corrected chi connectivity index (χ3v) is 4.65. The first-order valence-electron chi connectivity index (χ1n) is 8.81. The Kier molecular flexibility index (Phi) is 12.3. The Morgan fingerprint density at radius 3 is 2.34 bits per heavy atom. The van der Waals surface area contributed by atoms with Crippen LogP contribution in [0.5, 0.6) is 0 Å². The summed E-state index contributed by atoms with van der Waals surface area (Å²) in [7, 11) is 4.11. The summed E-state index contributed by atoms with van der Waals surface area (Å²) in [5, 5.41) is 8.87. The average molecular weight is 478 g/mol. The van der Waals surface area contributed by atoms with Crippen LogP contribution < -0.4 is 15.5 Å². The van der Waals surface area contributed by atoms with E-state index in [-0.39, 0.29) is 37.2 Å². The van der Waals surface area contributed by atoms with Crippen molar-refractivity contribution in [3.8, 4) is 0 Å². The molecular formula is C21H28Cl4N4. The van der Waals surface area contributed by atoms with E-state index in [1.165, 1.54) is 11.3 Å². The Morgan fingerprint density at radius 2 is 1.69 bits per heavy atom. The normalized spacial score (nSPS) is 10.9. The standard InChI is InChI=1S/C21H25ClN4.3ClH/c1-15(24-14-16-4-7-18(8-5-16)26(2)3)13-25-20-10-11-23-21-12-17(22)6-9-19(20)21;;;/h4-12,15,24H,13-14H2,1-3H3,(H,23,25);3*1H/t15-;;;/m1.../s1. The highest BCUT2D eigenvalue weighted by Gasteiger charge is 2.06. The minimum atomic E-state index is 0. The second kappa shape index (κ2) is 13.0. The van der Waals surface area contributed by atoms with Crippen molar-refractivity contribution in [1.82, 2.24) is 10.3 Å². The molecule has 8 heteroatoms. The fourth-order valence-corrected chi connectivity index (χ4v) is 2.98. The van der Waals surface area contributed by atoms with Gasteiger partial charge in [-0.2, -0.15) is 0 Å². The number of aromatic nitrogens is 1. The zero-order chi connectivity index (χ0) is 18.5. The first kappa shape index (κ1) is 27.6. The van der Waals surface area contributed by atoms with Gasteiger partial charge in [-0.05, 0) is 48.9 Å². The molecule has 0 unspecified atom stereocenters. The molecule has 160 valence electrons. The largest absolute Gasteiger partial charge is 0.383 e. The molecule has 0 amide bonds. The molecule has 29 heavy (non-hydrogen) atoms. The minimum Gasteiger partial charge on any atom is -0.383 e. The predicted octanol–water partition coefficient (Wildman–Crippen LogP) is 5.81. The van der Waals surface area contributed by atoms with Crippen LogP contribution in [0.3, 0.4) is 0 Å². The maximum atomic E-state index is 6.05. The summed E-state index contributed by atoms with van der Waals surface area (Å²) in [4.78, 5) is 6.49. The van der Waals surface area contributed by atoms with Gasteiger partial charge >= 0.3 is 0 Å². The zero-order valence-electron chi connectivity index (χ0n) is 16.7. The lowest BCUT2D eigenvalue weighted by molar-refractivity contribution is 0.568. The summed E-state index contributed by atoms with van der Waals surface area (Å²) in [5.41, 5.74) is 4.49. The molecule has 0 aliphatic heterocycles. The Labute approximate surface area is 196 Å². The van der Waals surface area contributed by atoms with E-state index in [4.69, 9.17) is 11.6 Å². The van der Waals surface area contributed by atoms with Crippen LogP contribution in [0, 0.1) is 0 Å². The van der Waals surface area contributed by atoms with Gasteiger partial charge < -0.3 is 15.5 Å². The van der Waals surface area contributed by atoms with Gasteiger partial charge in [-0.1, -0.05) is 23.7 Å². The van der Waals surface area contributed by atoms with Crippen molar-refractivity contribution in [2.45, 2.75) is 19.5 Å². The number of pyridine rings is 1. The predicted molar refractivity (Wildman–Crippen MR) is 134 cm³/mol. The molecule has 0 saturated carbocycles. The molecule has 1 aromatic heterocycles. The highest BCUT2D eigenvalue weighted by atomic mass is 35.5. The summed E-state index contributed by atoms with van der Waals surface area (Å²) in [5.74, 6) is 0. The van der Waals surface area contributed by atoms with Crippen LogP contribution in [-0.4, -0.2) is 31.7 Å². The number of hydrogen-bond acceptors (Lipinski definition) is 4. The van der Waals surface area contributed by atoms with Gasteiger partial charge in [-0.25, -0.2) is 0 Å². The van der Waals surface area contributed by atoms with E-state index in [1.807, 2.05) is 30.5 Å². The van der Waals surface area contributed by atoms with E-state index in [0.29, 0.717) is 11.1 Å². The number of halogens is 4. The molecule has 3 rings (SSSR count). The SMILES string of the molecule is C[C@H](CNc1ccnc2cc(Cl)ccc12)NCc1ccc(N(C)C)cc1.Cl.Cl.Cl. The van der Waals surface area contributed by atoms with Crippen molar-refractivity contribution in [2.75, 3.05) is 30.9 Å². The fraction of sp³-hybridized carbons (Fsp3) is 0.286. The number of nitrogens with zero attached hydrogens (tertiary/aromatic N) is 2. The molecular weight excluding hydrogens is 450 g/mol. The molecule has 3 aromatic rings. The third-order valence-electron chi connectivity index (χ3n) is 4.41. The van der Waals surface area contributed by atoms with Crippen LogP contribution in [0.15, 0.2) is 54.7 Å². The third kappa shape index (κ3) is 7.72. The van der Waals surface area contributed by atoms with E-state index in [2.05, 4.69) is 65.8 Å². The molecule has 0 fully saturated rings. The number of fused-ring (bicyclic) bond motifs is 1. The second-order valence-electron chi connectivity index (χ2n) is 6.74. The lowest BCUT2D eigenvalue weighted by Crippen LogP contribution is -2.32. The molecule has 0 radical (unpaired) electrons. The summed E-state index contributed by atoms with van der Waals surface area (Å²) in [6.45, 7) is 3.86. The van der Waals surface area contributed by atoms with Crippen LogP contribution >= 0.6 is 48.8 Å². The lowest BCUT2D eigenvalue weighted by atomic mass is 10.1. The van der Waals surface area contributed by atoms with E-state index in [0.717, 1.165) is 29.7 Å². The van der Waals surface area contributed by atoms with Crippen LogP contribution in [0.25, 0.3) is 10.9 Å². The van der Waals surface area contributed by atoms with Crippen molar-refractivity contribution in [3.63, 3.8) is 0 Å². The quantitative estimate of drug-likeness (QED) is 0.450. The van der Waals surface area contributed by atoms with Gasteiger partial charge in [-0.15, -0.1) is 37.2 Å². The van der Waals surface area contributed by atoms with Gasteiger partial charge in [0, 0.05) is 61.2 Å². The molecule has 0 spiro atoms. The van der Waals surface area contributed by atoms with Gasteiger partial charge in [0.2, 0.25) is 0 Å². The molecule has 4 nitrogen and oxygen atoms in total. The maximum Gasteiger partial charge on any atom is 0.0737 e. The molecule has 1 heterocycles. The molecule has 0 aliphatic rings. The number of nitrogens with one attached hydrogen (secondary N) is 2. The van der Waals surface area contributed by atoms with Crippen molar-refractivity contribution in [3.05, 3.63) is 65.3 Å². The van der Waals surface area contributed by atoms with Crippen LogP contribution in [-0.2, 0) is 6.54 Å². The van der Waals surface area contributed by atoms with Gasteiger partial charge in [0.05, 0.1) is 5.52 Å². The Morgan fingerprint density at radius 1 is 1.00 bits per heavy atom. The van der Waals surface area contributed by atoms with Crippen LogP contribution in [0.1, 0.15) is 12.5 Å². The van der Waals surface area contributed by atoms with Crippen LogP contribution in [0.2, 0.25) is 5.02 Å². The van der Waals surface area contributed by atoms with E-state index >= 15 is 0 Å². The number of anilines is 2. The summed E-state index contributed by atoms with van der Waals surface area (Å²) < 4.78 is 0. The summed E-state index contributed by atoms with van der Waals surface area (Å²) in [6, 6.07) is 16.8. The first-order valence-corrected chi connectivity index (χ1v) is 9.18. The monoisotopic (exact) mass is 476 g/mol. The highest BCUT2D eigenvalue weighted by molar-refractivity contribution is 6.31. The Balaban J connectivity index is 0.00000261. The molecule has 2 aromatic carbocycles. The van der Waals surface area contributed by atoms with E-state index in [1.54, 1.807) is 0 Å². The molecule has 0 aliphatic carbocycles. The van der Waals surface area contributed by atoms with Gasteiger partial charge in [0.1, 0.15) is 0 Å². The zero-order valence-corrected chi connectivity index (χ0v) is 19.9. The Hall–Kier alpha value is -1.43. The fourth-order valence-electron chi connectivity index (χ4n) is 2.81. The molecule has 0 bridgehead atoms. The van der Waals surface area contributed by atoms with E-state index < -0.39 is 0 Å². The van der Waals surface area contributed by atoms with Gasteiger partial charge in [-0.3, -0.25) is 4.98 Å². The van der Waals surface area contributed by atoms with Crippen molar-refractivity contribution in [2.24, 2.45) is 0 Å². The molecule has 0 saturated heterocycles. The second-order valence-corrected chi connectivity index (χ2v) is 7.18. The number of benzene rings is 2. The smallest absolute Gasteiger partial charge is 0.0737 e. The number of hydrogen-bond donors (Lipinski definition) is 2. The summed E-state index contributed by atoms with van der Waals surface area (Å²) >= 11 is 6.05. The summed E-state index contributed by atoms with van der Waals surface area (Å²) in [6.07, 6.45) is 1.81. The van der Waals surface area contributed by atoms with Crippen LogP contribution in [0.4, 0.5) is 11.4 Å². The molecule has 1 atom stereocenters. The van der Waals surface area contributed by atoms with Crippen molar-refractivity contribution < 1.29 is 0 Å². The Bertz CT molecular complexity index is 872. The highest BCUT2D eigenvalue weighted by Crippen LogP contribution is 2.24. The minimum absolute atomic E-state index is 0. The van der Waals surface area contributed by atoms with Crippen molar-refractivity contribution in [1.29, 1.82) is 0 Å². The topological polar surface area (TPSA) is 40.2 Å². The van der Waals surface area contributed by atoms with Gasteiger partial charge in [0.25, 0.3) is 0 Å². The van der Waals surface area contributed by atoms with Gasteiger partial charge in [0.15, 0.2) is 0 Å². The average Bonchev–Trinajstić information content (AvgIpc) is 2.64. The van der Waals surface area contributed by atoms with E-state index in [9.17, 15) is 0 Å². The maximum absolute atomic E-state index is 6.05. The molecule has 2 N–H and O–H groups in total. The number of rotatable bonds is 7. The first-order chi connectivity index (χ1) is 12.5. The van der Waals surface area contributed by atoms with Crippen molar-refractivity contribution >= 4 is 71.1 Å².